The Labute approximate surface area is 154 Å². The van der Waals surface area contributed by atoms with Crippen molar-refractivity contribution in [3.63, 3.8) is 0 Å². The first kappa shape index (κ1) is 17.9. The molecule has 0 aliphatic rings. The molecule has 0 bridgehead atoms. The zero-order valence-electron chi connectivity index (χ0n) is 14.4. The number of aromatic nitrogens is 2. The van der Waals surface area contributed by atoms with Crippen LogP contribution in [0.1, 0.15) is 11.3 Å². The van der Waals surface area contributed by atoms with E-state index in [1.165, 1.54) is 24.3 Å². The fourth-order valence-corrected chi connectivity index (χ4v) is 3.16. The average molecular weight is 375 g/mol. The van der Waals surface area contributed by atoms with Crippen LogP contribution in [0, 0.1) is 29.8 Å². The third-order valence-electron chi connectivity index (χ3n) is 3.99. The van der Waals surface area contributed by atoms with Crippen molar-refractivity contribution in [1.82, 2.24) is 9.78 Å². The Morgan fingerprint density at radius 2 is 1.96 bits per heavy atom. The monoisotopic (exact) mass is 374 g/mol. The van der Waals surface area contributed by atoms with Crippen molar-refractivity contribution in [2.45, 2.75) is 13.8 Å². The van der Waals surface area contributed by atoms with Crippen molar-refractivity contribution >= 4 is 34.5 Å². The fourth-order valence-electron chi connectivity index (χ4n) is 2.91. The molecule has 3 rings (SSSR count). The molecule has 0 aliphatic carbocycles. The van der Waals surface area contributed by atoms with Crippen molar-refractivity contribution in [3.8, 4) is 0 Å². The summed E-state index contributed by atoms with van der Waals surface area (Å²) in [5, 5.41) is 16.1. The van der Waals surface area contributed by atoms with Crippen molar-refractivity contribution < 1.29 is 9.31 Å². The number of nitro benzene ring substituents is 1. The molecule has 0 saturated carbocycles. The normalized spacial score (nSPS) is 10.8. The quantitative estimate of drug-likeness (QED) is 0.464. The smallest absolute Gasteiger partial charge is 0.287 e. The van der Waals surface area contributed by atoms with Crippen LogP contribution >= 0.6 is 11.6 Å². The van der Waals surface area contributed by atoms with Gasteiger partial charge in [0.05, 0.1) is 21.3 Å². The van der Waals surface area contributed by atoms with Gasteiger partial charge in [-0.2, -0.15) is 5.10 Å². The van der Waals surface area contributed by atoms with Gasteiger partial charge in [0.25, 0.3) is 5.69 Å². The molecule has 0 N–H and O–H groups in total. The number of anilines is 3. The molecule has 26 heavy (non-hydrogen) atoms. The Morgan fingerprint density at radius 3 is 2.54 bits per heavy atom. The lowest BCUT2D eigenvalue weighted by Gasteiger charge is -2.26. The third kappa shape index (κ3) is 3.13. The highest BCUT2D eigenvalue weighted by atomic mass is 35.5. The maximum Gasteiger partial charge on any atom is 0.293 e. The van der Waals surface area contributed by atoms with Gasteiger partial charge in [0.1, 0.15) is 17.3 Å². The Hall–Kier alpha value is -2.93. The van der Waals surface area contributed by atoms with Gasteiger partial charge in [-0.1, -0.05) is 23.7 Å². The first-order valence-electron chi connectivity index (χ1n) is 7.79. The van der Waals surface area contributed by atoms with Gasteiger partial charge < -0.3 is 0 Å². The number of rotatable bonds is 4. The molecule has 2 aromatic carbocycles. The van der Waals surface area contributed by atoms with Gasteiger partial charge in [-0.15, -0.1) is 0 Å². The van der Waals surface area contributed by atoms with Crippen LogP contribution in [-0.4, -0.2) is 14.7 Å². The van der Waals surface area contributed by atoms with Crippen LogP contribution in [-0.2, 0) is 7.05 Å². The predicted molar refractivity (Wildman–Crippen MR) is 99.0 cm³/mol. The number of nitro groups is 1. The molecule has 0 radical (unpaired) electrons. The first-order chi connectivity index (χ1) is 12.3. The molecule has 0 unspecified atom stereocenters. The highest BCUT2D eigenvalue weighted by Crippen LogP contribution is 2.44. The molecule has 0 aliphatic heterocycles. The van der Waals surface area contributed by atoms with Crippen LogP contribution in [0.3, 0.4) is 0 Å². The zero-order chi connectivity index (χ0) is 19.0. The van der Waals surface area contributed by atoms with E-state index in [0.29, 0.717) is 22.8 Å². The van der Waals surface area contributed by atoms with Crippen molar-refractivity contribution in [3.05, 3.63) is 74.7 Å². The van der Waals surface area contributed by atoms with E-state index in [-0.39, 0.29) is 10.7 Å². The molecule has 0 spiro atoms. The molecular weight excluding hydrogens is 359 g/mol. The summed E-state index contributed by atoms with van der Waals surface area (Å²) >= 11 is 6.29. The summed E-state index contributed by atoms with van der Waals surface area (Å²) in [6.45, 7) is 3.59. The van der Waals surface area contributed by atoms with Gasteiger partial charge in [0, 0.05) is 19.2 Å². The van der Waals surface area contributed by atoms with Gasteiger partial charge in [-0.25, -0.2) is 4.39 Å². The number of hydrogen-bond donors (Lipinski definition) is 0. The maximum atomic E-state index is 13.6. The summed E-state index contributed by atoms with van der Waals surface area (Å²) in [5.74, 6) is 0.0904. The molecule has 134 valence electrons. The van der Waals surface area contributed by atoms with E-state index in [1.54, 1.807) is 41.8 Å². The molecule has 8 heteroatoms. The average Bonchev–Trinajstić information content (AvgIpc) is 2.89. The predicted octanol–water partition coefficient (Wildman–Crippen LogP) is 5.21. The van der Waals surface area contributed by atoms with Gasteiger partial charge in [0.2, 0.25) is 0 Å². The van der Waals surface area contributed by atoms with Crippen molar-refractivity contribution in [1.29, 1.82) is 0 Å². The van der Waals surface area contributed by atoms with E-state index in [9.17, 15) is 14.5 Å². The number of halogens is 2. The van der Waals surface area contributed by atoms with Crippen LogP contribution < -0.4 is 4.90 Å². The summed E-state index contributed by atoms with van der Waals surface area (Å²) in [6, 6.07) is 10.5. The molecule has 3 aromatic rings. The number of benzene rings is 2. The van der Waals surface area contributed by atoms with Gasteiger partial charge in [0.15, 0.2) is 0 Å². The summed E-state index contributed by atoms with van der Waals surface area (Å²) in [6.07, 6.45) is 0. The molecular formula is C18H16ClFN4O2. The molecule has 0 saturated heterocycles. The summed E-state index contributed by atoms with van der Waals surface area (Å²) in [5.41, 5.74) is 2.12. The summed E-state index contributed by atoms with van der Waals surface area (Å²) in [7, 11) is 1.73. The lowest BCUT2D eigenvalue weighted by Crippen LogP contribution is -2.17. The van der Waals surface area contributed by atoms with E-state index in [4.69, 9.17) is 11.6 Å². The van der Waals surface area contributed by atoms with E-state index in [0.717, 1.165) is 5.69 Å². The third-order valence-corrected chi connectivity index (χ3v) is 4.30. The topological polar surface area (TPSA) is 64.2 Å². The first-order valence-corrected chi connectivity index (χ1v) is 8.17. The van der Waals surface area contributed by atoms with E-state index in [1.807, 2.05) is 6.92 Å². The minimum absolute atomic E-state index is 0.0794. The molecule has 1 aromatic heterocycles. The summed E-state index contributed by atoms with van der Waals surface area (Å²) in [4.78, 5) is 12.8. The zero-order valence-corrected chi connectivity index (χ0v) is 15.2. The second-order valence-corrected chi connectivity index (χ2v) is 6.31. The second kappa shape index (κ2) is 6.76. The molecule has 0 atom stereocenters. The van der Waals surface area contributed by atoms with E-state index >= 15 is 0 Å². The Balaban J connectivity index is 2.37. The largest absolute Gasteiger partial charge is 0.293 e. The standard InChI is InChI=1S/C18H16ClFN4O2/c1-11-5-4-6-16(24(25)26)18(11)23(17-9-12(2)21-22(17)3)15-8-7-13(20)10-14(15)19/h4-10H,1-3H3. The lowest BCUT2D eigenvalue weighted by molar-refractivity contribution is -0.384. The van der Waals surface area contributed by atoms with Crippen LogP contribution in [0.15, 0.2) is 42.5 Å². The Morgan fingerprint density at radius 1 is 1.23 bits per heavy atom. The molecule has 0 amide bonds. The number of aryl methyl sites for hydroxylation is 3. The van der Waals surface area contributed by atoms with Gasteiger partial charge in [-0.05, 0) is 37.6 Å². The fraction of sp³-hybridized carbons (Fsp3) is 0.167. The van der Waals surface area contributed by atoms with Crippen LogP contribution in [0.2, 0.25) is 5.02 Å². The maximum absolute atomic E-state index is 13.6. The SMILES string of the molecule is Cc1cc(N(c2ccc(F)cc2Cl)c2c(C)cccc2[N+](=O)[O-])n(C)n1. The molecule has 6 nitrogen and oxygen atoms in total. The highest BCUT2D eigenvalue weighted by Gasteiger charge is 2.27. The van der Waals surface area contributed by atoms with E-state index in [2.05, 4.69) is 5.10 Å². The van der Waals surface area contributed by atoms with Crippen molar-refractivity contribution in [2.75, 3.05) is 4.90 Å². The Kier molecular flexibility index (Phi) is 4.65. The number of hydrogen-bond acceptors (Lipinski definition) is 4. The highest BCUT2D eigenvalue weighted by molar-refractivity contribution is 6.33. The van der Waals surface area contributed by atoms with Crippen LogP contribution in [0.4, 0.5) is 27.3 Å². The molecule has 1 heterocycles. The molecule has 0 fully saturated rings. The minimum atomic E-state index is -0.487. The van der Waals surface area contributed by atoms with Crippen LogP contribution in [0.25, 0.3) is 0 Å². The van der Waals surface area contributed by atoms with Crippen molar-refractivity contribution in [2.24, 2.45) is 7.05 Å². The van der Waals surface area contributed by atoms with Crippen LogP contribution in [0.5, 0.6) is 0 Å². The van der Waals surface area contributed by atoms with Gasteiger partial charge in [-0.3, -0.25) is 19.7 Å². The minimum Gasteiger partial charge on any atom is -0.287 e. The number of nitrogens with zero attached hydrogens (tertiary/aromatic N) is 4. The number of para-hydroxylation sites is 1. The Bertz CT molecular complexity index is 1000. The van der Waals surface area contributed by atoms with E-state index < -0.39 is 10.7 Å². The van der Waals surface area contributed by atoms with Gasteiger partial charge >= 0.3 is 0 Å². The summed E-state index contributed by atoms with van der Waals surface area (Å²) < 4.78 is 15.2. The lowest BCUT2D eigenvalue weighted by atomic mass is 10.1. The second-order valence-electron chi connectivity index (χ2n) is 5.90.